The summed E-state index contributed by atoms with van der Waals surface area (Å²) >= 11 is 5.85. The number of fused-ring (bicyclic) bond motifs is 1. The van der Waals surface area contributed by atoms with E-state index in [0.717, 1.165) is 17.0 Å². The molecule has 2 aliphatic rings. The smallest absolute Gasteiger partial charge is 0.309 e. The van der Waals surface area contributed by atoms with Gasteiger partial charge in [-0.25, -0.2) is 4.39 Å². The molecular formula is C22H25ClFN3O3. The van der Waals surface area contributed by atoms with Crippen molar-refractivity contribution < 1.29 is 19.1 Å². The van der Waals surface area contributed by atoms with E-state index >= 15 is 0 Å². The van der Waals surface area contributed by atoms with Gasteiger partial charge in [-0.2, -0.15) is 5.10 Å². The molecule has 1 fully saturated rings. The van der Waals surface area contributed by atoms with Gasteiger partial charge in [0.1, 0.15) is 5.82 Å². The first-order chi connectivity index (χ1) is 14.2. The quantitative estimate of drug-likeness (QED) is 0.778. The van der Waals surface area contributed by atoms with Gasteiger partial charge >= 0.3 is 5.97 Å². The summed E-state index contributed by atoms with van der Waals surface area (Å²) in [6.45, 7) is 5.01. The standard InChI is InChI=1S/C22H25ClFN3O3/c1-13-17-5-6-26(20(28)7-14-9-22(2,10-14)21(29)30)12-19(17)27(25-13)11-15-3-4-16(23)8-18(15)24/h3-4,8,14H,5-7,9-12H2,1-2H3,(H,29,30). The summed E-state index contributed by atoms with van der Waals surface area (Å²) in [7, 11) is 0. The zero-order valence-corrected chi connectivity index (χ0v) is 17.9. The van der Waals surface area contributed by atoms with E-state index in [0.29, 0.717) is 49.4 Å². The van der Waals surface area contributed by atoms with Crippen molar-refractivity contribution in [2.24, 2.45) is 11.3 Å². The molecule has 1 amide bonds. The largest absolute Gasteiger partial charge is 0.481 e. The molecule has 1 aliphatic carbocycles. The molecular weight excluding hydrogens is 409 g/mol. The summed E-state index contributed by atoms with van der Waals surface area (Å²) in [4.78, 5) is 25.9. The van der Waals surface area contributed by atoms with Crippen LogP contribution in [0.25, 0.3) is 0 Å². The molecule has 1 N–H and O–H groups in total. The molecule has 0 unspecified atom stereocenters. The van der Waals surface area contributed by atoms with Crippen molar-refractivity contribution in [1.82, 2.24) is 14.7 Å². The number of carbonyl (C=O) groups is 2. The summed E-state index contributed by atoms with van der Waals surface area (Å²) in [6.07, 6.45) is 2.17. The minimum absolute atomic E-state index is 0.0427. The molecule has 1 saturated carbocycles. The lowest BCUT2D eigenvalue weighted by Crippen LogP contribution is -2.44. The number of aryl methyl sites for hydroxylation is 1. The molecule has 2 aromatic rings. The van der Waals surface area contributed by atoms with Crippen molar-refractivity contribution in [2.75, 3.05) is 6.54 Å². The van der Waals surface area contributed by atoms with E-state index in [9.17, 15) is 19.1 Å². The lowest BCUT2D eigenvalue weighted by molar-refractivity contribution is -0.158. The highest BCUT2D eigenvalue weighted by Gasteiger charge is 2.47. The molecule has 30 heavy (non-hydrogen) atoms. The summed E-state index contributed by atoms with van der Waals surface area (Å²) < 4.78 is 16.0. The number of nitrogens with zero attached hydrogens (tertiary/aromatic N) is 3. The number of benzene rings is 1. The average molecular weight is 434 g/mol. The zero-order chi connectivity index (χ0) is 21.6. The topological polar surface area (TPSA) is 75.4 Å². The molecule has 1 aliphatic heterocycles. The number of amides is 1. The molecule has 0 saturated heterocycles. The fraction of sp³-hybridized carbons (Fsp3) is 0.500. The van der Waals surface area contributed by atoms with Crippen LogP contribution >= 0.6 is 11.6 Å². The fourth-order valence-corrected chi connectivity index (χ4v) is 4.90. The fourth-order valence-electron chi connectivity index (χ4n) is 4.74. The number of carboxylic acid groups (broad SMARTS) is 1. The third kappa shape index (κ3) is 3.83. The SMILES string of the molecule is Cc1nn(Cc2ccc(Cl)cc2F)c2c1CCN(C(=O)CC1CC(C)(C(=O)O)C1)C2. The Morgan fingerprint density at radius 2 is 2.10 bits per heavy atom. The maximum absolute atomic E-state index is 14.3. The molecule has 6 nitrogen and oxygen atoms in total. The van der Waals surface area contributed by atoms with Gasteiger partial charge in [0, 0.05) is 23.6 Å². The summed E-state index contributed by atoms with van der Waals surface area (Å²) in [5.74, 6) is -1.00. The van der Waals surface area contributed by atoms with E-state index in [1.807, 2.05) is 11.8 Å². The van der Waals surface area contributed by atoms with Gasteiger partial charge < -0.3 is 10.0 Å². The van der Waals surface area contributed by atoms with Gasteiger partial charge in [0.2, 0.25) is 5.91 Å². The van der Waals surface area contributed by atoms with Crippen molar-refractivity contribution in [3.05, 3.63) is 51.6 Å². The number of aromatic nitrogens is 2. The minimum atomic E-state index is -0.789. The number of hydrogen-bond donors (Lipinski definition) is 1. The molecule has 0 bridgehead atoms. The van der Waals surface area contributed by atoms with Gasteiger partial charge in [-0.1, -0.05) is 17.7 Å². The molecule has 4 rings (SSSR count). The van der Waals surface area contributed by atoms with Crippen LogP contribution < -0.4 is 0 Å². The highest BCUT2D eigenvalue weighted by Crippen LogP contribution is 2.47. The average Bonchev–Trinajstić information content (AvgIpc) is 2.97. The molecule has 160 valence electrons. The van der Waals surface area contributed by atoms with E-state index in [1.54, 1.807) is 23.7 Å². The Bertz CT molecular complexity index is 1010. The molecule has 2 heterocycles. The summed E-state index contributed by atoms with van der Waals surface area (Å²) in [5, 5.41) is 14.2. The van der Waals surface area contributed by atoms with Gasteiger partial charge in [-0.15, -0.1) is 0 Å². The van der Waals surface area contributed by atoms with Crippen molar-refractivity contribution >= 4 is 23.5 Å². The number of halogens is 2. The second-order valence-electron chi connectivity index (χ2n) is 8.81. The van der Waals surface area contributed by atoms with Crippen LogP contribution in [0, 0.1) is 24.1 Å². The second kappa shape index (κ2) is 7.69. The Kier molecular flexibility index (Phi) is 5.34. The van der Waals surface area contributed by atoms with E-state index in [2.05, 4.69) is 5.10 Å². The van der Waals surface area contributed by atoms with E-state index in [4.69, 9.17) is 11.6 Å². The van der Waals surface area contributed by atoms with Crippen LogP contribution in [0.5, 0.6) is 0 Å². The van der Waals surface area contributed by atoms with Gasteiger partial charge in [0.15, 0.2) is 0 Å². The van der Waals surface area contributed by atoms with Gasteiger partial charge in [-0.3, -0.25) is 14.3 Å². The molecule has 8 heteroatoms. The third-order valence-corrected chi connectivity index (χ3v) is 6.72. The number of carboxylic acids is 1. The lowest BCUT2D eigenvalue weighted by Gasteiger charge is -2.42. The molecule has 1 aromatic carbocycles. The number of hydrogen-bond acceptors (Lipinski definition) is 3. The van der Waals surface area contributed by atoms with Gasteiger partial charge in [0.05, 0.1) is 29.9 Å². The van der Waals surface area contributed by atoms with Crippen LogP contribution in [-0.4, -0.2) is 38.2 Å². The van der Waals surface area contributed by atoms with E-state index in [1.165, 1.54) is 6.07 Å². The van der Waals surface area contributed by atoms with E-state index in [-0.39, 0.29) is 24.2 Å². The van der Waals surface area contributed by atoms with E-state index < -0.39 is 11.4 Å². The monoisotopic (exact) mass is 433 g/mol. The third-order valence-electron chi connectivity index (χ3n) is 6.49. The Morgan fingerprint density at radius 3 is 2.77 bits per heavy atom. The van der Waals surface area contributed by atoms with Crippen LogP contribution in [0.1, 0.15) is 48.7 Å². The van der Waals surface area contributed by atoms with Crippen molar-refractivity contribution in [1.29, 1.82) is 0 Å². The second-order valence-corrected chi connectivity index (χ2v) is 9.25. The van der Waals surface area contributed by atoms with Crippen LogP contribution in [0.2, 0.25) is 5.02 Å². The molecule has 0 radical (unpaired) electrons. The zero-order valence-electron chi connectivity index (χ0n) is 17.1. The highest BCUT2D eigenvalue weighted by atomic mass is 35.5. The first-order valence-corrected chi connectivity index (χ1v) is 10.5. The predicted octanol–water partition coefficient (Wildman–Crippen LogP) is 3.81. The summed E-state index contributed by atoms with van der Waals surface area (Å²) in [6, 6.07) is 4.60. The van der Waals surface area contributed by atoms with Crippen molar-refractivity contribution in [2.45, 2.75) is 52.6 Å². The van der Waals surface area contributed by atoms with Gasteiger partial charge in [0.25, 0.3) is 0 Å². The maximum atomic E-state index is 14.3. The Hall–Kier alpha value is -2.41. The number of carbonyl (C=O) groups excluding carboxylic acids is 1. The van der Waals surface area contributed by atoms with Crippen LogP contribution in [0.4, 0.5) is 4.39 Å². The number of aliphatic carboxylic acids is 1. The first-order valence-electron chi connectivity index (χ1n) is 10.2. The Labute approximate surface area is 179 Å². The summed E-state index contributed by atoms with van der Waals surface area (Å²) in [5.41, 5.74) is 2.76. The lowest BCUT2D eigenvalue weighted by atomic mass is 9.62. The van der Waals surface area contributed by atoms with Crippen LogP contribution in [0.3, 0.4) is 0 Å². The number of rotatable bonds is 5. The van der Waals surface area contributed by atoms with Crippen LogP contribution in [0.15, 0.2) is 18.2 Å². The predicted molar refractivity (Wildman–Crippen MR) is 110 cm³/mol. The molecule has 0 spiro atoms. The molecule has 0 atom stereocenters. The molecule has 1 aromatic heterocycles. The normalized spacial score (nSPS) is 23.1. The van der Waals surface area contributed by atoms with Gasteiger partial charge in [-0.05, 0) is 56.7 Å². The Balaban J connectivity index is 1.45. The highest BCUT2D eigenvalue weighted by molar-refractivity contribution is 6.30. The maximum Gasteiger partial charge on any atom is 0.309 e. The minimum Gasteiger partial charge on any atom is -0.481 e. The Morgan fingerprint density at radius 1 is 1.37 bits per heavy atom. The first kappa shape index (κ1) is 20.8. The van der Waals surface area contributed by atoms with Crippen LogP contribution in [-0.2, 0) is 29.1 Å². The van der Waals surface area contributed by atoms with Crippen molar-refractivity contribution in [3.8, 4) is 0 Å². The van der Waals surface area contributed by atoms with Crippen molar-refractivity contribution in [3.63, 3.8) is 0 Å².